The Kier molecular flexibility index (Phi) is 3.29. The van der Waals surface area contributed by atoms with Crippen LogP contribution >= 0.6 is 0 Å². The molecule has 92 valence electrons. The SMILES string of the molecule is C1=CC(=Cc2cccc(N3CCOCC3)c2)C=C1. The van der Waals surface area contributed by atoms with E-state index in [1.54, 1.807) is 0 Å². The number of ether oxygens (including phenoxy) is 1. The molecule has 0 N–H and O–H groups in total. The Bertz CT molecular complexity index is 494. The summed E-state index contributed by atoms with van der Waals surface area (Å²) in [6.07, 6.45) is 10.6. The third-order valence-corrected chi connectivity index (χ3v) is 3.27. The van der Waals surface area contributed by atoms with Crippen molar-refractivity contribution in [2.75, 3.05) is 31.2 Å². The largest absolute Gasteiger partial charge is 0.378 e. The van der Waals surface area contributed by atoms with Crippen molar-refractivity contribution in [3.05, 3.63) is 59.7 Å². The smallest absolute Gasteiger partial charge is 0.0642 e. The van der Waals surface area contributed by atoms with Gasteiger partial charge >= 0.3 is 0 Å². The minimum atomic E-state index is 0.830. The molecule has 0 amide bonds. The Morgan fingerprint density at radius 2 is 1.83 bits per heavy atom. The molecule has 0 saturated carbocycles. The number of hydrogen-bond donors (Lipinski definition) is 0. The van der Waals surface area contributed by atoms with Gasteiger partial charge in [0.2, 0.25) is 0 Å². The summed E-state index contributed by atoms with van der Waals surface area (Å²) in [6.45, 7) is 3.63. The van der Waals surface area contributed by atoms with Crippen LogP contribution in [0.4, 0.5) is 5.69 Å². The molecule has 1 aliphatic heterocycles. The predicted molar refractivity (Wildman–Crippen MR) is 75.7 cm³/mol. The molecule has 0 unspecified atom stereocenters. The van der Waals surface area contributed by atoms with E-state index in [1.807, 2.05) is 0 Å². The molecule has 0 radical (unpaired) electrons. The molecule has 0 spiro atoms. The van der Waals surface area contributed by atoms with Gasteiger partial charge in [-0.05, 0) is 29.3 Å². The average Bonchev–Trinajstić information content (AvgIpc) is 2.93. The van der Waals surface area contributed by atoms with E-state index in [-0.39, 0.29) is 0 Å². The number of benzene rings is 1. The lowest BCUT2D eigenvalue weighted by molar-refractivity contribution is 0.122. The Labute approximate surface area is 108 Å². The molecule has 1 aliphatic carbocycles. The number of allylic oxidation sites excluding steroid dienone is 5. The van der Waals surface area contributed by atoms with E-state index in [0.29, 0.717) is 0 Å². The van der Waals surface area contributed by atoms with Crippen molar-refractivity contribution in [1.29, 1.82) is 0 Å². The van der Waals surface area contributed by atoms with Crippen LogP contribution < -0.4 is 4.90 Å². The predicted octanol–water partition coefficient (Wildman–Crippen LogP) is 3.03. The number of rotatable bonds is 2. The van der Waals surface area contributed by atoms with Gasteiger partial charge in [0.05, 0.1) is 13.2 Å². The van der Waals surface area contributed by atoms with Crippen molar-refractivity contribution in [1.82, 2.24) is 0 Å². The normalized spacial score (nSPS) is 18.4. The summed E-state index contributed by atoms with van der Waals surface area (Å²) in [4.78, 5) is 2.38. The van der Waals surface area contributed by atoms with E-state index in [4.69, 9.17) is 4.74 Å². The van der Waals surface area contributed by atoms with Gasteiger partial charge in [-0.15, -0.1) is 0 Å². The average molecular weight is 239 g/mol. The third-order valence-electron chi connectivity index (χ3n) is 3.27. The molecule has 1 fully saturated rings. The van der Waals surface area contributed by atoms with Crippen LogP contribution in [0.5, 0.6) is 0 Å². The zero-order chi connectivity index (χ0) is 12.2. The Morgan fingerprint density at radius 3 is 2.61 bits per heavy atom. The standard InChI is InChI=1S/C16H17NO/c1-2-5-14(4-1)12-15-6-3-7-16(13-15)17-8-10-18-11-9-17/h1-7,12-13H,8-11H2. The van der Waals surface area contributed by atoms with E-state index in [1.165, 1.54) is 16.8 Å². The summed E-state index contributed by atoms with van der Waals surface area (Å²) in [5.41, 5.74) is 3.80. The molecule has 1 heterocycles. The van der Waals surface area contributed by atoms with Gasteiger partial charge in [-0.3, -0.25) is 0 Å². The topological polar surface area (TPSA) is 12.5 Å². The van der Waals surface area contributed by atoms with E-state index in [9.17, 15) is 0 Å². The van der Waals surface area contributed by atoms with Crippen LogP contribution in [0, 0.1) is 0 Å². The fourth-order valence-electron chi connectivity index (χ4n) is 2.31. The van der Waals surface area contributed by atoms with Gasteiger partial charge < -0.3 is 9.64 Å². The summed E-state index contributed by atoms with van der Waals surface area (Å²) in [6, 6.07) is 8.70. The van der Waals surface area contributed by atoms with E-state index in [2.05, 4.69) is 59.5 Å². The van der Waals surface area contributed by atoms with Crippen LogP contribution in [0.25, 0.3) is 6.08 Å². The van der Waals surface area contributed by atoms with E-state index in [0.717, 1.165) is 26.3 Å². The lowest BCUT2D eigenvalue weighted by atomic mass is 10.1. The molecule has 18 heavy (non-hydrogen) atoms. The Balaban J connectivity index is 1.82. The van der Waals surface area contributed by atoms with E-state index >= 15 is 0 Å². The molecule has 1 aromatic rings. The lowest BCUT2D eigenvalue weighted by Gasteiger charge is -2.29. The molecule has 3 rings (SSSR count). The highest BCUT2D eigenvalue weighted by atomic mass is 16.5. The highest BCUT2D eigenvalue weighted by Gasteiger charge is 2.10. The molecule has 2 nitrogen and oxygen atoms in total. The van der Waals surface area contributed by atoms with Crippen molar-refractivity contribution < 1.29 is 4.74 Å². The summed E-state index contributed by atoms with van der Waals surface area (Å²) in [7, 11) is 0. The van der Waals surface area contributed by atoms with Crippen molar-refractivity contribution in [2.45, 2.75) is 0 Å². The second-order valence-electron chi connectivity index (χ2n) is 4.56. The second kappa shape index (κ2) is 5.23. The summed E-state index contributed by atoms with van der Waals surface area (Å²) in [5, 5.41) is 0. The fourth-order valence-corrected chi connectivity index (χ4v) is 2.31. The third kappa shape index (κ3) is 2.54. The number of nitrogens with zero attached hydrogens (tertiary/aromatic N) is 1. The monoisotopic (exact) mass is 239 g/mol. The quantitative estimate of drug-likeness (QED) is 0.786. The zero-order valence-electron chi connectivity index (χ0n) is 10.4. The van der Waals surface area contributed by atoms with Crippen LogP contribution in [0.15, 0.2) is 54.1 Å². The minimum Gasteiger partial charge on any atom is -0.378 e. The van der Waals surface area contributed by atoms with Gasteiger partial charge in [0.25, 0.3) is 0 Å². The summed E-state index contributed by atoms with van der Waals surface area (Å²) >= 11 is 0. The Hall–Kier alpha value is -1.80. The van der Waals surface area contributed by atoms with Crippen LogP contribution in [0.2, 0.25) is 0 Å². The molecule has 0 bridgehead atoms. The van der Waals surface area contributed by atoms with Gasteiger partial charge in [0.15, 0.2) is 0 Å². The molecule has 0 atom stereocenters. The maximum atomic E-state index is 5.39. The highest BCUT2D eigenvalue weighted by Crippen LogP contribution is 2.20. The first kappa shape index (κ1) is 11.3. The maximum Gasteiger partial charge on any atom is 0.0642 e. The van der Waals surface area contributed by atoms with Crippen LogP contribution in [0.3, 0.4) is 0 Å². The first-order chi connectivity index (χ1) is 8.92. The van der Waals surface area contributed by atoms with Crippen molar-refractivity contribution in [3.8, 4) is 0 Å². The second-order valence-corrected chi connectivity index (χ2v) is 4.56. The van der Waals surface area contributed by atoms with Crippen LogP contribution in [-0.2, 0) is 4.74 Å². The van der Waals surface area contributed by atoms with Gasteiger partial charge in [-0.2, -0.15) is 0 Å². The lowest BCUT2D eigenvalue weighted by Crippen LogP contribution is -2.36. The van der Waals surface area contributed by atoms with Gasteiger partial charge in [0.1, 0.15) is 0 Å². The summed E-state index contributed by atoms with van der Waals surface area (Å²) in [5.74, 6) is 0. The van der Waals surface area contributed by atoms with Gasteiger partial charge in [-0.1, -0.05) is 36.4 Å². The van der Waals surface area contributed by atoms with E-state index < -0.39 is 0 Å². The zero-order valence-corrected chi connectivity index (χ0v) is 10.4. The molecule has 0 aromatic heterocycles. The molecule has 1 saturated heterocycles. The summed E-state index contributed by atoms with van der Waals surface area (Å²) < 4.78 is 5.39. The van der Waals surface area contributed by atoms with Crippen LogP contribution in [-0.4, -0.2) is 26.3 Å². The number of hydrogen-bond acceptors (Lipinski definition) is 2. The minimum absolute atomic E-state index is 0.830. The van der Waals surface area contributed by atoms with Crippen molar-refractivity contribution >= 4 is 11.8 Å². The molecular weight excluding hydrogens is 222 g/mol. The number of anilines is 1. The molecular formula is C16H17NO. The van der Waals surface area contributed by atoms with Crippen molar-refractivity contribution in [3.63, 3.8) is 0 Å². The van der Waals surface area contributed by atoms with Gasteiger partial charge in [-0.25, -0.2) is 0 Å². The fraction of sp³-hybridized carbons (Fsp3) is 0.250. The molecule has 1 aromatic carbocycles. The van der Waals surface area contributed by atoms with Crippen molar-refractivity contribution in [2.24, 2.45) is 0 Å². The first-order valence-corrected chi connectivity index (χ1v) is 6.41. The first-order valence-electron chi connectivity index (χ1n) is 6.41. The Morgan fingerprint density at radius 1 is 1.06 bits per heavy atom. The molecule has 2 aliphatic rings. The number of morpholine rings is 1. The maximum absolute atomic E-state index is 5.39. The molecule has 2 heteroatoms. The van der Waals surface area contributed by atoms with Crippen LogP contribution in [0.1, 0.15) is 5.56 Å². The van der Waals surface area contributed by atoms with Gasteiger partial charge in [0, 0.05) is 18.8 Å². The highest BCUT2D eigenvalue weighted by molar-refractivity contribution is 5.65.